The van der Waals surface area contributed by atoms with E-state index in [0.717, 1.165) is 23.3 Å². The van der Waals surface area contributed by atoms with Crippen LogP contribution in [0.3, 0.4) is 0 Å². The van der Waals surface area contributed by atoms with Crippen molar-refractivity contribution in [3.63, 3.8) is 0 Å². The third-order valence-electron chi connectivity index (χ3n) is 4.98. The van der Waals surface area contributed by atoms with Crippen molar-refractivity contribution in [2.24, 2.45) is 5.92 Å². The van der Waals surface area contributed by atoms with Gasteiger partial charge in [0.15, 0.2) is 6.61 Å². The van der Waals surface area contributed by atoms with Crippen LogP contribution in [0.15, 0.2) is 27.8 Å². The van der Waals surface area contributed by atoms with Crippen LogP contribution < -0.4 is 10.1 Å². The first kappa shape index (κ1) is 19.7. The fourth-order valence-electron chi connectivity index (χ4n) is 3.42. The van der Waals surface area contributed by atoms with Crippen LogP contribution in [0.25, 0.3) is 0 Å². The highest BCUT2D eigenvalue weighted by Crippen LogP contribution is 2.25. The SMILES string of the molecule is Cc1cccc(C)c1OCc1nnc(SCC(=O)N[C@H]2CCCC[C@@H]2C)o1. The molecule has 1 N–H and O–H groups in total. The Kier molecular flexibility index (Phi) is 6.77. The minimum absolute atomic E-state index is 0.0188. The van der Waals surface area contributed by atoms with E-state index >= 15 is 0 Å². The van der Waals surface area contributed by atoms with E-state index < -0.39 is 0 Å². The molecule has 1 aliphatic rings. The zero-order valence-corrected chi connectivity index (χ0v) is 17.0. The Morgan fingerprint density at radius 1 is 1.26 bits per heavy atom. The maximum atomic E-state index is 12.2. The van der Waals surface area contributed by atoms with E-state index in [1.165, 1.54) is 31.0 Å². The van der Waals surface area contributed by atoms with Crippen molar-refractivity contribution in [1.82, 2.24) is 15.5 Å². The van der Waals surface area contributed by atoms with Crippen LogP contribution in [-0.2, 0) is 11.4 Å². The van der Waals surface area contributed by atoms with Gasteiger partial charge in [-0.3, -0.25) is 4.79 Å². The van der Waals surface area contributed by atoms with Crippen LogP contribution >= 0.6 is 11.8 Å². The molecule has 7 heteroatoms. The zero-order chi connectivity index (χ0) is 19.2. The van der Waals surface area contributed by atoms with Crippen LogP contribution in [0.2, 0.25) is 0 Å². The summed E-state index contributed by atoms with van der Waals surface area (Å²) in [7, 11) is 0. The second-order valence-electron chi connectivity index (χ2n) is 7.20. The molecule has 146 valence electrons. The minimum atomic E-state index is 0.0188. The average molecular weight is 390 g/mol. The number of rotatable bonds is 7. The lowest BCUT2D eigenvalue weighted by molar-refractivity contribution is -0.119. The Bertz CT molecular complexity index is 757. The Balaban J connectivity index is 1.46. The van der Waals surface area contributed by atoms with Gasteiger partial charge in [-0.25, -0.2) is 0 Å². The Morgan fingerprint density at radius 2 is 2.00 bits per heavy atom. The molecule has 3 rings (SSSR count). The lowest BCUT2D eigenvalue weighted by Crippen LogP contribution is -2.41. The van der Waals surface area contributed by atoms with E-state index in [4.69, 9.17) is 9.15 Å². The number of nitrogens with one attached hydrogen (secondary N) is 1. The Labute approximate surface area is 164 Å². The highest BCUT2D eigenvalue weighted by atomic mass is 32.2. The number of benzene rings is 1. The molecule has 0 radical (unpaired) electrons. The number of para-hydroxylation sites is 1. The minimum Gasteiger partial charge on any atom is -0.483 e. The number of thioether (sulfide) groups is 1. The van der Waals surface area contributed by atoms with Crippen molar-refractivity contribution in [3.8, 4) is 5.75 Å². The van der Waals surface area contributed by atoms with Gasteiger partial charge >= 0.3 is 0 Å². The molecule has 1 saturated carbocycles. The van der Waals surface area contributed by atoms with Gasteiger partial charge in [0.1, 0.15) is 5.75 Å². The van der Waals surface area contributed by atoms with Crippen LogP contribution in [0.4, 0.5) is 0 Å². The zero-order valence-electron chi connectivity index (χ0n) is 16.2. The molecule has 1 aliphatic carbocycles. The van der Waals surface area contributed by atoms with Crippen LogP contribution in [0.5, 0.6) is 5.75 Å². The number of nitrogens with zero attached hydrogens (tertiary/aromatic N) is 2. The highest BCUT2D eigenvalue weighted by molar-refractivity contribution is 7.99. The lowest BCUT2D eigenvalue weighted by Gasteiger charge is -2.29. The van der Waals surface area contributed by atoms with Gasteiger partial charge < -0.3 is 14.5 Å². The van der Waals surface area contributed by atoms with E-state index in [1.807, 2.05) is 32.0 Å². The second kappa shape index (κ2) is 9.26. The molecule has 1 aromatic carbocycles. The lowest BCUT2D eigenvalue weighted by atomic mass is 9.86. The van der Waals surface area contributed by atoms with E-state index in [9.17, 15) is 4.79 Å². The highest BCUT2D eigenvalue weighted by Gasteiger charge is 2.23. The van der Waals surface area contributed by atoms with E-state index in [-0.39, 0.29) is 24.3 Å². The number of hydrogen-bond acceptors (Lipinski definition) is 6. The van der Waals surface area contributed by atoms with E-state index in [2.05, 4.69) is 22.4 Å². The molecular formula is C20H27N3O3S. The van der Waals surface area contributed by atoms with Gasteiger partial charge in [0.25, 0.3) is 11.1 Å². The van der Waals surface area contributed by atoms with Gasteiger partial charge in [-0.15, -0.1) is 10.2 Å². The first-order chi connectivity index (χ1) is 13.0. The molecule has 1 aromatic heterocycles. The van der Waals surface area contributed by atoms with E-state index in [0.29, 0.717) is 17.0 Å². The number of amides is 1. The molecule has 1 amide bonds. The molecule has 0 aliphatic heterocycles. The quantitative estimate of drug-likeness (QED) is 0.720. The van der Waals surface area contributed by atoms with Crippen LogP contribution in [0.1, 0.15) is 49.6 Å². The molecule has 6 nitrogen and oxygen atoms in total. The molecular weight excluding hydrogens is 362 g/mol. The van der Waals surface area contributed by atoms with Crippen molar-refractivity contribution in [2.75, 3.05) is 5.75 Å². The van der Waals surface area contributed by atoms with Gasteiger partial charge in [-0.2, -0.15) is 0 Å². The molecule has 0 spiro atoms. The maximum Gasteiger partial charge on any atom is 0.277 e. The molecule has 0 bridgehead atoms. The summed E-state index contributed by atoms with van der Waals surface area (Å²) in [4.78, 5) is 12.2. The van der Waals surface area contributed by atoms with Crippen molar-refractivity contribution >= 4 is 17.7 Å². The maximum absolute atomic E-state index is 12.2. The third-order valence-corrected chi connectivity index (χ3v) is 5.80. The number of carbonyl (C=O) groups is 1. The van der Waals surface area contributed by atoms with Gasteiger partial charge in [0.05, 0.1) is 5.75 Å². The van der Waals surface area contributed by atoms with Crippen LogP contribution in [0, 0.1) is 19.8 Å². The summed E-state index contributed by atoms with van der Waals surface area (Å²) in [5.41, 5.74) is 2.13. The summed E-state index contributed by atoms with van der Waals surface area (Å²) < 4.78 is 11.4. The largest absolute Gasteiger partial charge is 0.483 e. The van der Waals surface area contributed by atoms with Crippen molar-refractivity contribution < 1.29 is 13.9 Å². The number of carbonyl (C=O) groups excluding carboxylic acids is 1. The summed E-state index contributed by atoms with van der Waals surface area (Å²) in [5, 5.41) is 11.5. The van der Waals surface area contributed by atoms with Gasteiger partial charge in [0.2, 0.25) is 5.91 Å². The van der Waals surface area contributed by atoms with E-state index in [1.54, 1.807) is 0 Å². The standard InChI is InChI=1S/C20H27N3O3S/c1-13-7-4-5-10-16(13)21-17(24)12-27-20-23-22-18(26-20)11-25-19-14(2)8-6-9-15(19)3/h6,8-9,13,16H,4-5,7,10-12H2,1-3H3,(H,21,24)/t13-,16-/m0/s1. The fraction of sp³-hybridized carbons (Fsp3) is 0.550. The third kappa shape index (κ3) is 5.48. The molecule has 1 heterocycles. The normalized spacial score (nSPS) is 19.7. The molecule has 0 saturated heterocycles. The predicted molar refractivity (Wildman–Crippen MR) is 105 cm³/mol. The number of aryl methyl sites for hydroxylation is 2. The first-order valence-electron chi connectivity index (χ1n) is 9.46. The fourth-order valence-corrected chi connectivity index (χ4v) is 4.01. The molecule has 0 unspecified atom stereocenters. The monoisotopic (exact) mass is 389 g/mol. The molecule has 2 aromatic rings. The van der Waals surface area contributed by atoms with Gasteiger partial charge in [-0.05, 0) is 43.7 Å². The summed E-state index contributed by atoms with van der Waals surface area (Å²) in [6.07, 6.45) is 4.70. The first-order valence-corrected chi connectivity index (χ1v) is 10.4. The summed E-state index contributed by atoms with van der Waals surface area (Å²) >= 11 is 1.26. The van der Waals surface area contributed by atoms with Crippen molar-refractivity contribution in [3.05, 3.63) is 35.2 Å². The topological polar surface area (TPSA) is 77.2 Å². The summed E-state index contributed by atoms with van der Waals surface area (Å²) in [5.74, 6) is 2.09. The van der Waals surface area contributed by atoms with Gasteiger partial charge in [-0.1, -0.05) is 49.7 Å². The number of aromatic nitrogens is 2. The Hall–Kier alpha value is -2.02. The van der Waals surface area contributed by atoms with Crippen molar-refractivity contribution in [1.29, 1.82) is 0 Å². The summed E-state index contributed by atoms with van der Waals surface area (Å²) in [6.45, 7) is 6.43. The number of ether oxygens (including phenoxy) is 1. The molecule has 27 heavy (non-hydrogen) atoms. The average Bonchev–Trinajstić information content (AvgIpc) is 3.09. The molecule has 2 atom stereocenters. The van der Waals surface area contributed by atoms with Crippen molar-refractivity contribution in [2.45, 2.75) is 64.3 Å². The van der Waals surface area contributed by atoms with Gasteiger partial charge in [0, 0.05) is 6.04 Å². The predicted octanol–water partition coefficient (Wildman–Crippen LogP) is 4.05. The smallest absolute Gasteiger partial charge is 0.277 e. The molecule has 1 fully saturated rings. The Morgan fingerprint density at radius 3 is 2.74 bits per heavy atom. The van der Waals surface area contributed by atoms with Crippen LogP contribution in [-0.4, -0.2) is 27.9 Å². The number of hydrogen-bond donors (Lipinski definition) is 1. The summed E-state index contributed by atoms with van der Waals surface area (Å²) in [6, 6.07) is 6.29. The second-order valence-corrected chi connectivity index (χ2v) is 8.12.